The van der Waals surface area contributed by atoms with Gasteiger partial charge >= 0.3 is 12.1 Å². The van der Waals surface area contributed by atoms with Gasteiger partial charge in [-0.1, -0.05) is 0 Å². The molecular formula is C13H9F3O3S. The number of ether oxygens (including phenoxy) is 1. The molecule has 20 heavy (non-hydrogen) atoms. The highest BCUT2D eigenvalue weighted by Gasteiger charge is 2.35. The molecule has 7 heteroatoms. The normalized spacial score (nSPS) is 11.3. The number of aromatic carboxylic acids is 1. The fourth-order valence-electron chi connectivity index (χ4n) is 1.55. The van der Waals surface area contributed by atoms with Crippen molar-refractivity contribution in [2.24, 2.45) is 0 Å². The molecule has 0 radical (unpaired) electrons. The van der Waals surface area contributed by atoms with E-state index in [0.29, 0.717) is 6.07 Å². The van der Waals surface area contributed by atoms with Crippen LogP contribution >= 0.6 is 11.3 Å². The lowest BCUT2D eigenvalue weighted by Crippen LogP contribution is -2.10. The fraction of sp³-hybridized carbons (Fsp3) is 0.154. The van der Waals surface area contributed by atoms with E-state index >= 15 is 0 Å². The molecule has 0 saturated carbocycles. The first-order valence-corrected chi connectivity index (χ1v) is 6.40. The monoisotopic (exact) mass is 302 g/mol. The summed E-state index contributed by atoms with van der Waals surface area (Å²) in [5.74, 6) is -1.80. The van der Waals surface area contributed by atoms with Crippen molar-refractivity contribution in [3.63, 3.8) is 0 Å². The zero-order valence-electron chi connectivity index (χ0n) is 9.98. The Morgan fingerprint density at radius 2 is 2.05 bits per heavy atom. The SMILES string of the molecule is O=C(O)c1ccc(OCc2ccsc2)c(C(F)(F)F)c1. The van der Waals surface area contributed by atoms with E-state index in [0.717, 1.165) is 17.7 Å². The van der Waals surface area contributed by atoms with Crippen LogP contribution in [0.25, 0.3) is 0 Å². The van der Waals surface area contributed by atoms with Gasteiger partial charge in [-0.3, -0.25) is 0 Å². The number of carbonyl (C=O) groups is 1. The molecule has 2 aromatic rings. The van der Waals surface area contributed by atoms with Crippen molar-refractivity contribution in [1.29, 1.82) is 0 Å². The van der Waals surface area contributed by atoms with Gasteiger partial charge in [0.05, 0.1) is 11.1 Å². The average Bonchev–Trinajstić information content (AvgIpc) is 2.88. The average molecular weight is 302 g/mol. The largest absolute Gasteiger partial charge is 0.488 e. The van der Waals surface area contributed by atoms with Gasteiger partial charge in [0.25, 0.3) is 0 Å². The predicted molar refractivity (Wildman–Crippen MR) is 67.1 cm³/mol. The van der Waals surface area contributed by atoms with Crippen molar-refractivity contribution in [1.82, 2.24) is 0 Å². The van der Waals surface area contributed by atoms with Crippen molar-refractivity contribution in [3.8, 4) is 5.75 Å². The molecule has 1 aromatic carbocycles. The Balaban J connectivity index is 2.29. The first-order valence-electron chi connectivity index (χ1n) is 5.46. The minimum atomic E-state index is -4.67. The highest BCUT2D eigenvalue weighted by atomic mass is 32.1. The van der Waals surface area contributed by atoms with E-state index in [1.165, 1.54) is 11.3 Å². The Morgan fingerprint density at radius 3 is 2.60 bits per heavy atom. The van der Waals surface area contributed by atoms with Crippen LogP contribution in [0.1, 0.15) is 21.5 Å². The molecule has 0 fully saturated rings. The topological polar surface area (TPSA) is 46.5 Å². The predicted octanol–water partition coefficient (Wildman–Crippen LogP) is 4.04. The van der Waals surface area contributed by atoms with Crippen LogP contribution in [-0.4, -0.2) is 11.1 Å². The molecule has 0 spiro atoms. The van der Waals surface area contributed by atoms with Gasteiger partial charge in [-0.2, -0.15) is 24.5 Å². The van der Waals surface area contributed by atoms with Crippen molar-refractivity contribution < 1.29 is 27.8 Å². The van der Waals surface area contributed by atoms with Crippen LogP contribution in [0.15, 0.2) is 35.0 Å². The van der Waals surface area contributed by atoms with Crippen molar-refractivity contribution in [2.75, 3.05) is 0 Å². The summed E-state index contributed by atoms with van der Waals surface area (Å²) in [7, 11) is 0. The molecule has 0 aliphatic carbocycles. The van der Waals surface area contributed by atoms with Gasteiger partial charge in [0, 0.05) is 0 Å². The quantitative estimate of drug-likeness (QED) is 0.927. The first kappa shape index (κ1) is 14.4. The van der Waals surface area contributed by atoms with Crippen LogP contribution in [0.5, 0.6) is 5.75 Å². The number of alkyl halides is 3. The van der Waals surface area contributed by atoms with Crippen molar-refractivity contribution in [3.05, 3.63) is 51.7 Å². The van der Waals surface area contributed by atoms with Gasteiger partial charge in [-0.25, -0.2) is 4.79 Å². The Bertz CT molecular complexity index is 606. The first-order chi connectivity index (χ1) is 9.38. The van der Waals surface area contributed by atoms with Crippen molar-refractivity contribution in [2.45, 2.75) is 12.8 Å². The zero-order chi connectivity index (χ0) is 14.8. The minimum Gasteiger partial charge on any atom is -0.488 e. The van der Waals surface area contributed by atoms with E-state index in [-0.39, 0.29) is 12.4 Å². The maximum Gasteiger partial charge on any atom is 0.419 e. The number of carboxylic acids is 1. The summed E-state index contributed by atoms with van der Waals surface area (Å²) in [6.45, 7) is -0.000994. The molecule has 1 N–H and O–H groups in total. The molecule has 2 rings (SSSR count). The third-order valence-corrected chi connectivity index (χ3v) is 3.24. The summed E-state index contributed by atoms with van der Waals surface area (Å²) in [5.41, 5.74) is -0.765. The third kappa shape index (κ3) is 3.30. The molecule has 0 saturated heterocycles. The summed E-state index contributed by atoms with van der Waals surface area (Å²) in [6, 6.07) is 4.42. The van der Waals surface area contributed by atoms with Gasteiger partial charge in [0.2, 0.25) is 0 Å². The lowest BCUT2D eigenvalue weighted by Gasteiger charge is -2.14. The van der Waals surface area contributed by atoms with E-state index in [1.54, 1.807) is 16.8 Å². The van der Waals surface area contributed by atoms with Gasteiger partial charge in [0.1, 0.15) is 12.4 Å². The molecule has 0 unspecified atom stereocenters. The van der Waals surface area contributed by atoms with Crippen molar-refractivity contribution >= 4 is 17.3 Å². The second kappa shape index (κ2) is 5.54. The molecule has 0 atom stereocenters. The van der Waals surface area contributed by atoms with E-state index < -0.39 is 23.3 Å². The fourth-order valence-corrected chi connectivity index (χ4v) is 2.20. The Hall–Kier alpha value is -2.02. The lowest BCUT2D eigenvalue weighted by molar-refractivity contribution is -0.139. The number of rotatable bonds is 4. The summed E-state index contributed by atoms with van der Waals surface area (Å²) in [5, 5.41) is 12.3. The minimum absolute atomic E-state index is 0.000994. The van der Waals surface area contributed by atoms with Crippen LogP contribution in [0.3, 0.4) is 0 Å². The molecular weight excluding hydrogens is 293 g/mol. The molecule has 0 aliphatic heterocycles. The molecule has 0 aliphatic rings. The Morgan fingerprint density at radius 1 is 1.30 bits per heavy atom. The summed E-state index contributed by atoms with van der Waals surface area (Å²) < 4.78 is 43.8. The maximum atomic E-state index is 12.9. The van der Waals surface area contributed by atoms with E-state index in [2.05, 4.69) is 0 Å². The molecule has 106 valence electrons. The molecule has 3 nitrogen and oxygen atoms in total. The van der Waals surface area contributed by atoms with Gasteiger partial charge in [0.15, 0.2) is 0 Å². The Labute approximate surface area is 116 Å². The van der Waals surface area contributed by atoms with Crippen LogP contribution < -0.4 is 4.74 Å². The molecule has 0 bridgehead atoms. The smallest absolute Gasteiger partial charge is 0.419 e. The summed E-state index contributed by atoms with van der Waals surface area (Å²) >= 11 is 1.41. The summed E-state index contributed by atoms with van der Waals surface area (Å²) in [4.78, 5) is 10.7. The van der Waals surface area contributed by atoms with Crippen LogP contribution in [0.2, 0.25) is 0 Å². The van der Waals surface area contributed by atoms with Gasteiger partial charge < -0.3 is 9.84 Å². The second-order valence-electron chi connectivity index (χ2n) is 3.93. The van der Waals surface area contributed by atoms with Crippen LogP contribution in [0.4, 0.5) is 13.2 Å². The standard InChI is InChI=1S/C13H9F3O3S/c14-13(15,16)10-5-9(12(17)18)1-2-11(10)19-6-8-3-4-20-7-8/h1-5,7H,6H2,(H,17,18). The Kier molecular flexibility index (Phi) is 3.99. The van der Waals surface area contributed by atoms with Gasteiger partial charge in [-0.15, -0.1) is 0 Å². The number of halogens is 3. The number of hydrogen-bond donors (Lipinski definition) is 1. The van der Waals surface area contributed by atoms with Gasteiger partial charge in [-0.05, 0) is 40.6 Å². The van der Waals surface area contributed by atoms with E-state index in [4.69, 9.17) is 9.84 Å². The van der Waals surface area contributed by atoms with Crippen LogP contribution in [-0.2, 0) is 12.8 Å². The third-order valence-electron chi connectivity index (χ3n) is 2.51. The molecule has 1 aromatic heterocycles. The number of carboxylic acid groups (broad SMARTS) is 1. The summed E-state index contributed by atoms with van der Waals surface area (Å²) in [6.07, 6.45) is -4.67. The molecule has 1 heterocycles. The number of benzene rings is 1. The maximum absolute atomic E-state index is 12.9. The highest BCUT2D eigenvalue weighted by molar-refractivity contribution is 7.07. The van der Waals surface area contributed by atoms with E-state index in [9.17, 15) is 18.0 Å². The second-order valence-corrected chi connectivity index (χ2v) is 4.71. The number of thiophene rings is 1. The van der Waals surface area contributed by atoms with Crippen LogP contribution in [0, 0.1) is 0 Å². The number of hydrogen-bond acceptors (Lipinski definition) is 3. The van der Waals surface area contributed by atoms with E-state index in [1.807, 2.05) is 0 Å². The highest BCUT2D eigenvalue weighted by Crippen LogP contribution is 2.37. The zero-order valence-corrected chi connectivity index (χ0v) is 10.8. The lowest BCUT2D eigenvalue weighted by atomic mass is 10.1. The molecule has 0 amide bonds.